The smallest absolute Gasteiger partial charge is 0.216 e. The van der Waals surface area contributed by atoms with E-state index in [4.69, 9.17) is 4.42 Å². The van der Waals surface area contributed by atoms with E-state index in [1.54, 1.807) is 6.26 Å². The van der Waals surface area contributed by atoms with Gasteiger partial charge < -0.3 is 4.42 Å². The van der Waals surface area contributed by atoms with Gasteiger partial charge in [-0.3, -0.25) is 0 Å². The second kappa shape index (κ2) is 5.62. The zero-order valence-electron chi connectivity index (χ0n) is 10.7. The van der Waals surface area contributed by atoms with Crippen molar-refractivity contribution in [3.8, 4) is 0 Å². The molecule has 3 rings (SSSR count). The van der Waals surface area contributed by atoms with Crippen molar-refractivity contribution in [2.45, 2.75) is 6.32 Å². The van der Waals surface area contributed by atoms with Gasteiger partial charge in [0.2, 0.25) is 6.71 Å². The molecule has 0 aliphatic carbocycles. The minimum absolute atomic E-state index is 0.341. The third-order valence-corrected chi connectivity index (χ3v) is 3.39. The van der Waals surface area contributed by atoms with Gasteiger partial charge in [0.1, 0.15) is 0 Å². The minimum Gasteiger partial charge on any atom is -0.470 e. The molecule has 0 saturated heterocycles. The molecule has 3 aromatic rings. The van der Waals surface area contributed by atoms with Gasteiger partial charge in [0.15, 0.2) is 0 Å². The van der Waals surface area contributed by atoms with Crippen molar-refractivity contribution in [3.05, 3.63) is 84.8 Å². The summed E-state index contributed by atoms with van der Waals surface area (Å²) in [6, 6.07) is 25.2. The summed E-state index contributed by atoms with van der Waals surface area (Å²) in [5, 5.41) is 0. The molecular formula is C17H15BO. The van der Waals surface area contributed by atoms with Crippen molar-refractivity contribution in [1.82, 2.24) is 0 Å². The fourth-order valence-corrected chi connectivity index (χ4v) is 2.43. The first-order valence-corrected chi connectivity index (χ1v) is 6.56. The van der Waals surface area contributed by atoms with Crippen molar-refractivity contribution >= 4 is 17.6 Å². The molecule has 0 N–H and O–H groups in total. The first kappa shape index (κ1) is 11.9. The van der Waals surface area contributed by atoms with Gasteiger partial charge in [-0.05, 0) is 18.5 Å². The van der Waals surface area contributed by atoms with E-state index in [9.17, 15) is 0 Å². The van der Waals surface area contributed by atoms with Crippen LogP contribution in [0.4, 0.5) is 0 Å². The topological polar surface area (TPSA) is 13.1 Å². The highest BCUT2D eigenvalue weighted by Crippen LogP contribution is 2.05. The van der Waals surface area contributed by atoms with Crippen molar-refractivity contribution in [1.29, 1.82) is 0 Å². The molecule has 0 fully saturated rings. The molecule has 0 saturated carbocycles. The monoisotopic (exact) mass is 246 g/mol. The van der Waals surface area contributed by atoms with E-state index in [0.29, 0.717) is 6.71 Å². The van der Waals surface area contributed by atoms with Gasteiger partial charge in [0.05, 0.1) is 12.0 Å². The summed E-state index contributed by atoms with van der Waals surface area (Å²) in [5.74, 6) is 1.03. The van der Waals surface area contributed by atoms with E-state index in [1.165, 1.54) is 10.9 Å². The first-order chi connectivity index (χ1) is 9.43. The number of benzene rings is 2. The quantitative estimate of drug-likeness (QED) is 0.645. The van der Waals surface area contributed by atoms with Crippen LogP contribution in [0.2, 0.25) is 0 Å². The minimum atomic E-state index is 0.341. The van der Waals surface area contributed by atoms with E-state index in [1.807, 2.05) is 12.1 Å². The van der Waals surface area contributed by atoms with Gasteiger partial charge in [-0.2, -0.15) is 0 Å². The summed E-state index contributed by atoms with van der Waals surface area (Å²) in [4.78, 5) is 0. The Kier molecular flexibility index (Phi) is 3.50. The highest BCUT2D eigenvalue weighted by Gasteiger charge is 2.20. The fourth-order valence-electron chi connectivity index (χ4n) is 2.43. The molecule has 92 valence electrons. The van der Waals surface area contributed by atoms with Crippen molar-refractivity contribution in [2.75, 3.05) is 0 Å². The number of hydrogen-bond acceptors (Lipinski definition) is 1. The molecule has 0 amide bonds. The fraction of sp³-hybridized carbons (Fsp3) is 0.0588. The van der Waals surface area contributed by atoms with Crippen molar-refractivity contribution < 1.29 is 4.42 Å². The predicted molar refractivity (Wildman–Crippen MR) is 80.3 cm³/mol. The molecule has 2 heteroatoms. The summed E-state index contributed by atoms with van der Waals surface area (Å²) in [6.07, 6.45) is 2.63. The Hall–Kier alpha value is -2.22. The third kappa shape index (κ3) is 2.79. The van der Waals surface area contributed by atoms with Crippen LogP contribution in [0.25, 0.3) is 0 Å². The molecule has 0 bridgehead atoms. The van der Waals surface area contributed by atoms with Gasteiger partial charge in [0.25, 0.3) is 0 Å². The second-order valence-electron chi connectivity index (χ2n) is 4.66. The molecule has 0 radical (unpaired) electrons. The molecule has 0 atom stereocenters. The maximum Gasteiger partial charge on any atom is 0.216 e. The number of furan rings is 1. The van der Waals surface area contributed by atoms with Crippen LogP contribution in [0.1, 0.15) is 5.76 Å². The maximum atomic E-state index is 5.51. The van der Waals surface area contributed by atoms with Crippen LogP contribution in [-0.4, -0.2) is 6.71 Å². The van der Waals surface area contributed by atoms with Gasteiger partial charge in [-0.15, -0.1) is 0 Å². The summed E-state index contributed by atoms with van der Waals surface area (Å²) < 4.78 is 5.51. The van der Waals surface area contributed by atoms with E-state index in [2.05, 4.69) is 60.7 Å². The standard InChI is InChI=1S/C17H15BO/c1-3-8-15(9-4-1)18(14-17-12-7-13-19-17)16-10-5-2-6-11-16/h1-13H,14H2. The zero-order valence-corrected chi connectivity index (χ0v) is 10.7. The Labute approximate surface area is 114 Å². The van der Waals surface area contributed by atoms with E-state index >= 15 is 0 Å². The third-order valence-electron chi connectivity index (χ3n) is 3.39. The molecule has 0 unspecified atom stereocenters. The van der Waals surface area contributed by atoms with Gasteiger partial charge in [-0.1, -0.05) is 71.6 Å². The maximum absolute atomic E-state index is 5.51. The lowest BCUT2D eigenvalue weighted by Crippen LogP contribution is -2.44. The summed E-state index contributed by atoms with van der Waals surface area (Å²) in [5.41, 5.74) is 2.65. The lowest BCUT2D eigenvalue weighted by Gasteiger charge is -2.13. The Morgan fingerprint density at radius 1 is 0.684 bits per heavy atom. The number of hydrogen-bond donors (Lipinski definition) is 0. The Balaban J connectivity index is 1.96. The molecule has 0 spiro atoms. The average molecular weight is 246 g/mol. The SMILES string of the molecule is c1ccc(B(Cc2ccco2)c2ccccc2)cc1. The normalized spacial score (nSPS) is 10.3. The zero-order chi connectivity index (χ0) is 12.9. The first-order valence-electron chi connectivity index (χ1n) is 6.56. The molecule has 1 nitrogen and oxygen atoms in total. The lowest BCUT2D eigenvalue weighted by atomic mass is 9.38. The van der Waals surface area contributed by atoms with Gasteiger partial charge in [0, 0.05) is 0 Å². The molecule has 0 aliphatic rings. The average Bonchev–Trinajstić information content (AvgIpc) is 3.00. The predicted octanol–water partition coefficient (Wildman–Crippen LogP) is 2.67. The van der Waals surface area contributed by atoms with Crippen LogP contribution >= 0.6 is 0 Å². The van der Waals surface area contributed by atoms with Crippen LogP contribution in [-0.2, 0) is 6.32 Å². The lowest BCUT2D eigenvalue weighted by molar-refractivity contribution is 0.528. The molecule has 1 heterocycles. The molecule has 2 aromatic carbocycles. The van der Waals surface area contributed by atoms with Crippen LogP contribution < -0.4 is 10.9 Å². The highest BCUT2D eigenvalue weighted by atomic mass is 16.3. The van der Waals surface area contributed by atoms with Gasteiger partial charge in [-0.25, -0.2) is 0 Å². The summed E-state index contributed by atoms with van der Waals surface area (Å²) in [6.45, 7) is 0.341. The number of rotatable bonds is 4. The second-order valence-corrected chi connectivity index (χ2v) is 4.66. The van der Waals surface area contributed by atoms with Crippen molar-refractivity contribution in [3.63, 3.8) is 0 Å². The van der Waals surface area contributed by atoms with Crippen LogP contribution in [0.5, 0.6) is 0 Å². The molecular weight excluding hydrogens is 231 g/mol. The highest BCUT2D eigenvalue weighted by molar-refractivity contribution is 6.84. The van der Waals surface area contributed by atoms with Crippen LogP contribution in [0.15, 0.2) is 83.5 Å². The van der Waals surface area contributed by atoms with Crippen LogP contribution in [0.3, 0.4) is 0 Å². The van der Waals surface area contributed by atoms with E-state index in [-0.39, 0.29) is 0 Å². The molecule has 19 heavy (non-hydrogen) atoms. The van der Waals surface area contributed by atoms with Crippen LogP contribution in [0, 0.1) is 0 Å². The Morgan fingerprint density at radius 2 is 1.26 bits per heavy atom. The molecule has 1 aromatic heterocycles. The molecule has 0 aliphatic heterocycles. The van der Waals surface area contributed by atoms with Gasteiger partial charge >= 0.3 is 0 Å². The van der Waals surface area contributed by atoms with E-state index < -0.39 is 0 Å². The van der Waals surface area contributed by atoms with Crippen molar-refractivity contribution in [2.24, 2.45) is 0 Å². The summed E-state index contributed by atoms with van der Waals surface area (Å²) in [7, 11) is 0. The largest absolute Gasteiger partial charge is 0.470 e. The Bertz CT molecular complexity index is 563. The summed E-state index contributed by atoms with van der Waals surface area (Å²) >= 11 is 0. The Morgan fingerprint density at radius 3 is 1.74 bits per heavy atom. The van der Waals surface area contributed by atoms with E-state index in [0.717, 1.165) is 12.1 Å².